The summed E-state index contributed by atoms with van der Waals surface area (Å²) in [6, 6.07) is 6.24. The fourth-order valence-corrected chi connectivity index (χ4v) is 1.60. The van der Waals surface area contributed by atoms with E-state index in [9.17, 15) is 15.2 Å². The number of rotatable bonds is 3. The Bertz CT molecular complexity index is 606. The first kappa shape index (κ1) is 11.9. The minimum Gasteiger partial charge on any atom is -0.504 e. The van der Waals surface area contributed by atoms with Crippen molar-refractivity contribution in [1.82, 2.24) is 9.78 Å². The highest BCUT2D eigenvalue weighted by molar-refractivity contribution is 5.49. The average Bonchev–Trinajstić information content (AvgIpc) is 2.57. The number of hydrogen-bond acceptors (Lipinski definition) is 5. The van der Waals surface area contributed by atoms with Crippen LogP contribution >= 0.6 is 0 Å². The molecule has 0 spiro atoms. The second-order valence-electron chi connectivity index (χ2n) is 3.69. The van der Waals surface area contributed by atoms with Gasteiger partial charge < -0.3 is 9.84 Å². The van der Waals surface area contributed by atoms with Gasteiger partial charge in [-0.2, -0.15) is 5.10 Å². The molecule has 1 aromatic carbocycles. The maximum absolute atomic E-state index is 10.9. The minimum absolute atomic E-state index is 0.0148. The quantitative estimate of drug-likeness (QED) is 0.664. The van der Waals surface area contributed by atoms with Crippen LogP contribution in [0.25, 0.3) is 0 Å². The molecule has 7 nitrogen and oxygen atoms in total. The summed E-state index contributed by atoms with van der Waals surface area (Å²) in [5, 5.41) is 24.4. The number of aromatic nitrogens is 2. The second-order valence-corrected chi connectivity index (χ2v) is 3.69. The highest BCUT2D eigenvalue weighted by atomic mass is 16.6. The van der Waals surface area contributed by atoms with E-state index in [0.717, 1.165) is 0 Å². The number of aryl methyl sites for hydroxylation is 2. The molecular formula is C11H11N3O4. The zero-order valence-electron chi connectivity index (χ0n) is 9.82. The summed E-state index contributed by atoms with van der Waals surface area (Å²) < 4.78 is 6.63. The van der Waals surface area contributed by atoms with Gasteiger partial charge in [0.1, 0.15) is 5.69 Å². The van der Waals surface area contributed by atoms with E-state index in [-0.39, 0.29) is 28.8 Å². The molecule has 0 fully saturated rings. The van der Waals surface area contributed by atoms with E-state index >= 15 is 0 Å². The van der Waals surface area contributed by atoms with Crippen LogP contribution in [0.1, 0.15) is 5.69 Å². The molecule has 0 aliphatic carbocycles. The Hall–Kier alpha value is -2.57. The van der Waals surface area contributed by atoms with Crippen molar-refractivity contribution in [3.05, 3.63) is 40.1 Å². The molecule has 0 bridgehead atoms. The van der Waals surface area contributed by atoms with Gasteiger partial charge in [-0.25, -0.2) is 4.68 Å². The van der Waals surface area contributed by atoms with Crippen LogP contribution < -0.4 is 4.74 Å². The Kier molecular flexibility index (Phi) is 2.88. The number of para-hydroxylation sites is 2. The van der Waals surface area contributed by atoms with E-state index < -0.39 is 4.92 Å². The first-order valence-electron chi connectivity index (χ1n) is 5.14. The number of phenolic OH excluding ortho intramolecular Hbond substituents is 1. The number of ether oxygens (including phenoxy) is 1. The van der Waals surface area contributed by atoms with E-state index in [4.69, 9.17) is 4.74 Å². The molecule has 0 amide bonds. The van der Waals surface area contributed by atoms with Crippen LogP contribution in [-0.4, -0.2) is 19.8 Å². The van der Waals surface area contributed by atoms with Crippen LogP contribution in [0.5, 0.6) is 17.4 Å². The summed E-state index contributed by atoms with van der Waals surface area (Å²) in [4.78, 5) is 10.4. The zero-order valence-corrected chi connectivity index (χ0v) is 9.82. The summed E-state index contributed by atoms with van der Waals surface area (Å²) in [6.45, 7) is 1.52. The molecule has 1 N–H and O–H groups in total. The lowest BCUT2D eigenvalue weighted by atomic mass is 10.3. The Morgan fingerprint density at radius 1 is 1.44 bits per heavy atom. The molecule has 1 heterocycles. The average molecular weight is 249 g/mol. The van der Waals surface area contributed by atoms with Crippen molar-refractivity contribution in [2.75, 3.05) is 0 Å². The van der Waals surface area contributed by atoms with E-state index in [1.807, 2.05) is 0 Å². The van der Waals surface area contributed by atoms with Gasteiger partial charge in [-0.05, 0) is 19.1 Å². The van der Waals surface area contributed by atoms with Gasteiger partial charge in [0.05, 0.1) is 4.92 Å². The van der Waals surface area contributed by atoms with Crippen molar-refractivity contribution < 1.29 is 14.8 Å². The molecule has 0 aliphatic rings. The van der Waals surface area contributed by atoms with E-state index in [1.54, 1.807) is 12.1 Å². The standard InChI is InChI=1S/C11H11N3O4/c1-7-10(14(16)17)11(13(2)12-7)18-9-6-4-3-5-8(9)15/h3-6,15H,1-2H3. The summed E-state index contributed by atoms with van der Waals surface area (Å²) >= 11 is 0. The summed E-state index contributed by atoms with van der Waals surface area (Å²) in [7, 11) is 1.54. The summed E-state index contributed by atoms with van der Waals surface area (Å²) in [5.41, 5.74) is 0.0497. The normalized spacial score (nSPS) is 10.3. The van der Waals surface area contributed by atoms with Crippen LogP contribution in [0, 0.1) is 17.0 Å². The van der Waals surface area contributed by atoms with Crippen LogP contribution in [-0.2, 0) is 7.05 Å². The van der Waals surface area contributed by atoms with E-state index in [2.05, 4.69) is 5.10 Å². The van der Waals surface area contributed by atoms with Crippen molar-refractivity contribution in [1.29, 1.82) is 0 Å². The largest absolute Gasteiger partial charge is 0.504 e. The zero-order chi connectivity index (χ0) is 13.3. The third-order valence-electron chi connectivity index (χ3n) is 2.39. The van der Waals surface area contributed by atoms with Crippen molar-refractivity contribution in [2.24, 2.45) is 7.05 Å². The predicted molar refractivity (Wildman–Crippen MR) is 62.8 cm³/mol. The Balaban J connectivity index is 2.47. The van der Waals surface area contributed by atoms with Crippen LogP contribution in [0.3, 0.4) is 0 Å². The molecule has 0 atom stereocenters. The van der Waals surface area contributed by atoms with Gasteiger partial charge in [-0.3, -0.25) is 10.1 Å². The molecule has 2 aromatic rings. The number of hydrogen-bond donors (Lipinski definition) is 1. The fourth-order valence-electron chi connectivity index (χ4n) is 1.60. The van der Waals surface area contributed by atoms with Gasteiger partial charge in [0.15, 0.2) is 11.5 Å². The van der Waals surface area contributed by atoms with Gasteiger partial charge in [0.2, 0.25) is 0 Å². The molecule has 94 valence electrons. The van der Waals surface area contributed by atoms with Crippen molar-refractivity contribution in [3.8, 4) is 17.4 Å². The number of aromatic hydroxyl groups is 1. The lowest BCUT2D eigenvalue weighted by Gasteiger charge is -2.06. The van der Waals surface area contributed by atoms with Crippen LogP contribution in [0.15, 0.2) is 24.3 Å². The number of nitro groups is 1. The first-order chi connectivity index (χ1) is 8.50. The van der Waals surface area contributed by atoms with E-state index in [1.165, 1.54) is 30.8 Å². The third-order valence-corrected chi connectivity index (χ3v) is 2.39. The van der Waals surface area contributed by atoms with Gasteiger partial charge in [0, 0.05) is 7.05 Å². The first-order valence-corrected chi connectivity index (χ1v) is 5.14. The van der Waals surface area contributed by atoms with Gasteiger partial charge in [0.25, 0.3) is 5.88 Å². The molecule has 0 saturated carbocycles. The second kappa shape index (κ2) is 4.36. The molecule has 0 unspecified atom stereocenters. The predicted octanol–water partition coefficient (Wildman–Crippen LogP) is 2.13. The summed E-state index contributed by atoms with van der Waals surface area (Å²) in [5.74, 6) is 0.0354. The smallest absolute Gasteiger partial charge is 0.353 e. The fraction of sp³-hybridized carbons (Fsp3) is 0.182. The maximum atomic E-state index is 10.9. The van der Waals surface area contributed by atoms with Crippen molar-refractivity contribution in [2.45, 2.75) is 6.92 Å². The van der Waals surface area contributed by atoms with Crippen LogP contribution in [0.2, 0.25) is 0 Å². The molecular weight excluding hydrogens is 238 g/mol. The molecule has 2 rings (SSSR count). The van der Waals surface area contributed by atoms with Gasteiger partial charge in [-0.15, -0.1) is 0 Å². The Labute approximate surface area is 102 Å². The summed E-state index contributed by atoms with van der Waals surface area (Å²) in [6.07, 6.45) is 0. The molecule has 18 heavy (non-hydrogen) atoms. The number of benzene rings is 1. The molecule has 1 aromatic heterocycles. The maximum Gasteiger partial charge on any atom is 0.353 e. The highest BCUT2D eigenvalue weighted by Crippen LogP contribution is 2.36. The van der Waals surface area contributed by atoms with Crippen LogP contribution in [0.4, 0.5) is 5.69 Å². The Morgan fingerprint density at radius 3 is 2.72 bits per heavy atom. The number of phenols is 1. The van der Waals surface area contributed by atoms with Crippen molar-refractivity contribution in [3.63, 3.8) is 0 Å². The minimum atomic E-state index is -0.558. The lowest BCUT2D eigenvalue weighted by molar-refractivity contribution is -0.386. The van der Waals surface area contributed by atoms with Crippen molar-refractivity contribution >= 4 is 5.69 Å². The third kappa shape index (κ3) is 1.97. The Morgan fingerprint density at radius 2 is 2.11 bits per heavy atom. The molecule has 0 aliphatic heterocycles. The van der Waals surface area contributed by atoms with Gasteiger partial charge >= 0.3 is 5.69 Å². The highest BCUT2D eigenvalue weighted by Gasteiger charge is 2.26. The topological polar surface area (TPSA) is 90.4 Å². The monoisotopic (exact) mass is 249 g/mol. The molecule has 0 saturated heterocycles. The van der Waals surface area contributed by atoms with Gasteiger partial charge in [-0.1, -0.05) is 12.1 Å². The van der Waals surface area contributed by atoms with E-state index in [0.29, 0.717) is 0 Å². The number of nitrogens with zero attached hydrogens (tertiary/aromatic N) is 3. The lowest BCUT2D eigenvalue weighted by Crippen LogP contribution is -1.97. The SMILES string of the molecule is Cc1nn(C)c(Oc2ccccc2O)c1[N+](=O)[O-]. The molecule has 7 heteroatoms. The molecule has 0 radical (unpaired) electrons.